The highest BCUT2D eigenvalue weighted by atomic mass is 32.2. The molecule has 1 amide bonds. The Kier molecular flexibility index (Phi) is 7.90. The molecule has 0 radical (unpaired) electrons. The van der Waals surface area contributed by atoms with Crippen LogP contribution in [0.3, 0.4) is 0 Å². The number of ether oxygens (including phenoxy) is 1. The van der Waals surface area contributed by atoms with Gasteiger partial charge in [0.1, 0.15) is 0 Å². The lowest BCUT2D eigenvalue weighted by molar-refractivity contribution is 0.0752. The van der Waals surface area contributed by atoms with Gasteiger partial charge in [0.25, 0.3) is 5.91 Å². The van der Waals surface area contributed by atoms with Crippen LogP contribution in [-0.2, 0) is 16.6 Å². The molecule has 0 bridgehead atoms. The molecule has 0 unspecified atom stereocenters. The molecule has 174 valence electrons. The van der Waals surface area contributed by atoms with Crippen LogP contribution in [0, 0.1) is 5.82 Å². The van der Waals surface area contributed by atoms with Crippen LogP contribution >= 0.6 is 0 Å². The van der Waals surface area contributed by atoms with Crippen molar-refractivity contribution in [2.45, 2.75) is 56.5 Å². The second kappa shape index (κ2) is 10.4. The summed E-state index contributed by atoms with van der Waals surface area (Å²) >= 11 is 0. The fourth-order valence-corrected chi connectivity index (χ4v) is 5.60. The number of hydrogen-bond donors (Lipinski definition) is 0. The van der Waals surface area contributed by atoms with Crippen LogP contribution in [0.2, 0.25) is 0 Å². The minimum atomic E-state index is -3.70. The number of sulfonamides is 1. The lowest BCUT2D eigenvalue weighted by Gasteiger charge is -2.30. The van der Waals surface area contributed by atoms with Crippen molar-refractivity contribution in [1.29, 1.82) is 0 Å². The number of amides is 1. The van der Waals surface area contributed by atoms with Crippen LogP contribution in [-0.4, -0.2) is 50.3 Å². The van der Waals surface area contributed by atoms with E-state index in [1.54, 1.807) is 30.1 Å². The van der Waals surface area contributed by atoms with Crippen LogP contribution in [0.4, 0.5) is 4.39 Å². The van der Waals surface area contributed by atoms with Crippen molar-refractivity contribution in [3.8, 4) is 5.75 Å². The Bertz CT molecular complexity index is 1050. The topological polar surface area (TPSA) is 66.9 Å². The van der Waals surface area contributed by atoms with Gasteiger partial charge in [0, 0.05) is 31.7 Å². The first kappa shape index (κ1) is 24.2. The maximum absolute atomic E-state index is 14.0. The minimum Gasteiger partial charge on any atom is -0.494 e. The van der Waals surface area contributed by atoms with E-state index in [1.807, 2.05) is 6.92 Å². The highest BCUT2D eigenvalue weighted by molar-refractivity contribution is 7.89. The summed E-state index contributed by atoms with van der Waals surface area (Å²) in [6, 6.07) is 10.7. The van der Waals surface area contributed by atoms with Gasteiger partial charge in [-0.05, 0) is 55.7 Å². The first-order chi connectivity index (χ1) is 15.3. The van der Waals surface area contributed by atoms with Crippen molar-refractivity contribution in [3.05, 3.63) is 59.4 Å². The number of benzene rings is 2. The smallest absolute Gasteiger partial charge is 0.254 e. The summed E-state index contributed by atoms with van der Waals surface area (Å²) in [5, 5.41) is 0. The third kappa shape index (κ3) is 5.30. The number of hydrogen-bond acceptors (Lipinski definition) is 4. The van der Waals surface area contributed by atoms with E-state index in [1.165, 1.54) is 35.7 Å². The second-order valence-electron chi connectivity index (χ2n) is 8.13. The van der Waals surface area contributed by atoms with Crippen molar-refractivity contribution < 1.29 is 22.3 Å². The molecule has 0 heterocycles. The van der Waals surface area contributed by atoms with Gasteiger partial charge in [0.15, 0.2) is 11.6 Å². The molecule has 1 aliphatic rings. The molecule has 0 spiro atoms. The zero-order chi connectivity index (χ0) is 23.3. The first-order valence-electron chi connectivity index (χ1n) is 11.0. The van der Waals surface area contributed by atoms with Gasteiger partial charge in [0.05, 0.1) is 12.0 Å². The predicted molar refractivity (Wildman–Crippen MR) is 122 cm³/mol. The SMILES string of the molecule is CCN(Cc1ccc(OC)c(F)c1)C(=O)c1cccc(S(=O)(=O)N(C)C2CCCCC2)c1. The van der Waals surface area contributed by atoms with E-state index in [4.69, 9.17) is 4.74 Å². The molecule has 3 rings (SSSR count). The van der Waals surface area contributed by atoms with Crippen LogP contribution < -0.4 is 4.74 Å². The van der Waals surface area contributed by atoms with Crippen molar-refractivity contribution in [3.63, 3.8) is 0 Å². The average molecular weight is 463 g/mol. The highest BCUT2D eigenvalue weighted by Gasteiger charge is 2.29. The summed E-state index contributed by atoms with van der Waals surface area (Å²) in [4.78, 5) is 14.8. The average Bonchev–Trinajstić information content (AvgIpc) is 2.82. The van der Waals surface area contributed by atoms with Crippen LogP contribution in [0.1, 0.15) is 54.9 Å². The molecule has 0 saturated heterocycles. The van der Waals surface area contributed by atoms with Crippen molar-refractivity contribution in [2.75, 3.05) is 20.7 Å². The maximum Gasteiger partial charge on any atom is 0.254 e. The number of halogens is 1. The molecule has 8 heteroatoms. The van der Waals surface area contributed by atoms with Crippen molar-refractivity contribution >= 4 is 15.9 Å². The van der Waals surface area contributed by atoms with E-state index < -0.39 is 15.8 Å². The summed E-state index contributed by atoms with van der Waals surface area (Å²) in [6.07, 6.45) is 4.91. The van der Waals surface area contributed by atoms with E-state index in [9.17, 15) is 17.6 Å². The molecule has 0 N–H and O–H groups in total. The second-order valence-corrected chi connectivity index (χ2v) is 10.1. The lowest BCUT2D eigenvalue weighted by atomic mass is 9.96. The summed E-state index contributed by atoms with van der Waals surface area (Å²) in [5.41, 5.74) is 0.915. The van der Waals surface area contributed by atoms with Crippen LogP contribution in [0.15, 0.2) is 47.4 Å². The molecular weight excluding hydrogens is 431 g/mol. The summed E-state index contributed by atoms with van der Waals surface area (Å²) in [6.45, 7) is 2.43. The van der Waals surface area contributed by atoms with Gasteiger partial charge in [-0.25, -0.2) is 12.8 Å². The molecule has 0 atom stereocenters. The minimum absolute atomic E-state index is 0.00906. The van der Waals surface area contributed by atoms with Gasteiger partial charge >= 0.3 is 0 Å². The van der Waals surface area contributed by atoms with Gasteiger partial charge in [-0.1, -0.05) is 31.4 Å². The third-order valence-electron chi connectivity index (χ3n) is 6.11. The number of carbonyl (C=O) groups is 1. The maximum atomic E-state index is 14.0. The first-order valence-corrected chi connectivity index (χ1v) is 12.4. The fraction of sp³-hybridized carbons (Fsp3) is 0.458. The number of methoxy groups -OCH3 is 1. The Morgan fingerprint density at radius 2 is 1.84 bits per heavy atom. The Labute approximate surface area is 190 Å². The number of carbonyl (C=O) groups excluding carboxylic acids is 1. The van der Waals surface area contributed by atoms with E-state index in [-0.39, 0.29) is 29.1 Å². The normalized spacial score (nSPS) is 15.0. The van der Waals surface area contributed by atoms with E-state index in [2.05, 4.69) is 0 Å². The zero-order valence-electron chi connectivity index (χ0n) is 18.9. The Morgan fingerprint density at radius 3 is 2.47 bits per heavy atom. The largest absolute Gasteiger partial charge is 0.494 e. The van der Waals surface area contributed by atoms with Gasteiger partial charge in [-0.3, -0.25) is 4.79 Å². The quantitative estimate of drug-likeness (QED) is 0.581. The third-order valence-corrected chi connectivity index (χ3v) is 8.01. The van der Waals surface area contributed by atoms with Gasteiger partial charge < -0.3 is 9.64 Å². The van der Waals surface area contributed by atoms with Gasteiger partial charge in [-0.2, -0.15) is 4.31 Å². The predicted octanol–water partition coefficient (Wildman–Crippen LogP) is 4.45. The molecule has 6 nitrogen and oxygen atoms in total. The molecule has 0 aromatic heterocycles. The molecule has 1 fully saturated rings. The summed E-state index contributed by atoms with van der Waals surface area (Å²) in [7, 11) is -0.683. The Balaban J connectivity index is 1.80. The van der Waals surface area contributed by atoms with Crippen LogP contribution in [0.5, 0.6) is 5.75 Å². The number of rotatable bonds is 8. The Hall–Kier alpha value is -2.45. The van der Waals surface area contributed by atoms with E-state index >= 15 is 0 Å². The van der Waals surface area contributed by atoms with Crippen molar-refractivity contribution in [1.82, 2.24) is 9.21 Å². The molecule has 1 saturated carbocycles. The highest BCUT2D eigenvalue weighted by Crippen LogP contribution is 2.27. The summed E-state index contributed by atoms with van der Waals surface area (Å²) in [5.74, 6) is -0.656. The zero-order valence-corrected chi connectivity index (χ0v) is 19.7. The van der Waals surface area contributed by atoms with Gasteiger partial charge in [-0.15, -0.1) is 0 Å². The van der Waals surface area contributed by atoms with E-state index in [0.29, 0.717) is 17.7 Å². The fourth-order valence-electron chi connectivity index (χ4n) is 4.14. The number of nitrogens with zero attached hydrogens (tertiary/aromatic N) is 2. The van der Waals surface area contributed by atoms with Crippen LogP contribution in [0.25, 0.3) is 0 Å². The standard InChI is InChI=1S/C24H31FN2O4S/c1-4-27(17-18-13-14-23(31-3)22(25)15-18)24(28)19-9-8-12-21(16-19)32(29,30)26(2)20-10-6-5-7-11-20/h8-9,12-16,20H,4-7,10-11,17H2,1-3H3. The monoisotopic (exact) mass is 462 g/mol. The molecule has 32 heavy (non-hydrogen) atoms. The Morgan fingerprint density at radius 1 is 1.12 bits per heavy atom. The molecular formula is C24H31FN2O4S. The molecule has 0 aliphatic heterocycles. The van der Waals surface area contributed by atoms with Gasteiger partial charge in [0.2, 0.25) is 10.0 Å². The molecule has 2 aromatic rings. The van der Waals surface area contributed by atoms with Crippen molar-refractivity contribution in [2.24, 2.45) is 0 Å². The summed E-state index contributed by atoms with van der Waals surface area (Å²) < 4.78 is 46.8. The molecule has 1 aliphatic carbocycles. The molecule has 2 aromatic carbocycles. The lowest BCUT2D eigenvalue weighted by Crippen LogP contribution is -2.38. The van der Waals surface area contributed by atoms with E-state index in [0.717, 1.165) is 32.1 Å².